The van der Waals surface area contributed by atoms with Gasteiger partial charge < -0.3 is 36.8 Å². The van der Waals surface area contributed by atoms with Gasteiger partial charge in [-0.2, -0.15) is 18.2 Å². The molecule has 1 aromatic heterocycles. The van der Waals surface area contributed by atoms with E-state index < -0.39 is 63.7 Å². The van der Waals surface area contributed by atoms with E-state index in [1.54, 1.807) is 12.1 Å². The summed E-state index contributed by atoms with van der Waals surface area (Å²) in [6, 6.07) is 5.75. The van der Waals surface area contributed by atoms with Gasteiger partial charge in [0, 0.05) is 16.5 Å². The number of benzene rings is 1. The Kier molecular flexibility index (Phi) is 10.8. The molecule has 8 N–H and O–H groups in total. The Balaban J connectivity index is 1.45. The molecule has 2 aliphatic rings. The van der Waals surface area contributed by atoms with Crippen LogP contribution in [-0.4, -0.2) is 87.7 Å². The van der Waals surface area contributed by atoms with Crippen LogP contribution in [0.25, 0.3) is 11.3 Å². The van der Waals surface area contributed by atoms with E-state index in [1.807, 2.05) is 37.0 Å². The average molecular weight is 698 g/mol. The smallest absolute Gasteiger partial charge is 0.418 e. The Morgan fingerprint density at radius 3 is 2.51 bits per heavy atom. The fourth-order valence-electron chi connectivity index (χ4n) is 4.90. The van der Waals surface area contributed by atoms with Crippen LogP contribution in [0, 0.1) is 6.92 Å². The van der Waals surface area contributed by atoms with Crippen LogP contribution in [0.4, 0.5) is 0 Å². The first-order chi connectivity index (χ1) is 22.0. The van der Waals surface area contributed by atoms with Crippen LogP contribution < -0.4 is 31.5 Å². The van der Waals surface area contributed by atoms with Gasteiger partial charge in [-0.1, -0.05) is 16.9 Å². The Bertz CT molecular complexity index is 1690. The molecule has 2 amide bonds. The number of carboxylic acid groups (broad SMARTS) is 1. The zero-order valence-corrected chi connectivity index (χ0v) is 27.6. The molecule has 18 nitrogen and oxygen atoms in total. The summed E-state index contributed by atoms with van der Waals surface area (Å²) in [4.78, 5) is 43.0. The maximum absolute atomic E-state index is 13.3. The van der Waals surface area contributed by atoms with Crippen molar-refractivity contribution < 1.29 is 51.0 Å². The number of thioether (sulfide) groups is 1. The number of β-lactam (4-membered cyclic amide) rings is 1. The first-order valence-electron chi connectivity index (χ1n) is 14.2. The Hall–Kier alpha value is -4.21. The van der Waals surface area contributed by atoms with Crippen LogP contribution in [0.5, 0.6) is 5.75 Å². The molecule has 256 valence electrons. The van der Waals surface area contributed by atoms with Crippen molar-refractivity contribution in [1.82, 2.24) is 20.4 Å². The van der Waals surface area contributed by atoms with Crippen molar-refractivity contribution >= 4 is 45.7 Å². The summed E-state index contributed by atoms with van der Waals surface area (Å²) in [6.45, 7) is 5.63. The molecular formula is C27H37N8O10S2+. The molecule has 2 aromatic rings. The lowest BCUT2D eigenvalue weighted by molar-refractivity contribution is -0.743. The molecule has 0 saturated carbocycles. The number of nitrogens with zero attached hydrogens (tertiary/aromatic N) is 4. The van der Waals surface area contributed by atoms with E-state index in [-0.39, 0.29) is 5.70 Å². The molecule has 1 saturated heterocycles. The van der Waals surface area contributed by atoms with E-state index in [1.165, 1.54) is 19.3 Å². The zero-order valence-electron chi connectivity index (χ0n) is 25.9. The Labute approximate surface area is 274 Å². The lowest BCUT2D eigenvalue weighted by Gasteiger charge is -2.50. The van der Waals surface area contributed by atoms with Gasteiger partial charge >= 0.3 is 16.4 Å². The van der Waals surface area contributed by atoms with Crippen LogP contribution in [0.15, 0.2) is 46.7 Å². The van der Waals surface area contributed by atoms with E-state index >= 15 is 0 Å². The van der Waals surface area contributed by atoms with Crippen LogP contribution >= 0.6 is 11.8 Å². The summed E-state index contributed by atoms with van der Waals surface area (Å²) in [5, 5.41) is 20.6. The summed E-state index contributed by atoms with van der Waals surface area (Å²) in [5.41, 5.74) is 12.0. The highest BCUT2D eigenvalue weighted by Crippen LogP contribution is 2.33. The minimum atomic E-state index is -5.01. The number of nitrogens with one attached hydrogen (secondary N) is 2. The van der Waals surface area contributed by atoms with E-state index in [4.69, 9.17) is 25.6 Å². The van der Waals surface area contributed by atoms with E-state index in [0.717, 1.165) is 41.5 Å². The van der Waals surface area contributed by atoms with Crippen molar-refractivity contribution in [3.8, 4) is 17.0 Å². The number of rotatable bonds is 15. The number of hydrogen-bond donors (Lipinski definition) is 6. The Morgan fingerprint density at radius 1 is 1.28 bits per heavy atom. The molecule has 0 aliphatic carbocycles. The van der Waals surface area contributed by atoms with Crippen LogP contribution in [0.1, 0.15) is 25.8 Å². The van der Waals surface area contributed by atoms with Crippen LogP contribution in [0.3, 0.4) is 0 Å². The van der Waals surface area contributed by atoms with E-state index in [0.29, 0.717) is 17.4 Å². The molecule has 0 radical (unpaired) electrons. The monoisotopic (exact) mass is 697 g/mol. The van der Waals surface area contributed by atoms with Gasteiger partial charge in [0.05, 0.1) is 24.0 Å². The number of aliphatic carboxylic acids is 1. The second kappa shape index (κ2) is 14.3. The van der Waals surface area contributed by atoms with Gasteiger partial charge in [-0.15, -0.1) is 8.97 Å². The minimum absolute atomic E-state index is 0.0802. The molecule has 3 atom stereocenters. The molecule has 4 rings (SSSR count). The number of carbonyl (C=O) groups is 3. The average Bonchev–Trinajstić information content (AvgIpc) is 3.55. The highest BCUT2D eigenvalue weighted by molar-refractivity contribution is 8.02. The number of aromatic nitrogens is 2. The number of hydroxylamine groups is 2. The molecule has 1 aromatic carbocycles. The van der Waals surface area contributed by atoms with Crippen molar-refractivity contribution in [2.75, 3.05) is 13.2 Å². The summed E-state index contributed by atoms with van der Waals surface area (Å²) in [7, 11) is -3.06. The number of carbonyl (C=O) groups excluding carboxylic acids is 2. The SMILES string of the molecule is Cc1cn(CCCN)[n+](C)c1-c1ccc(OC[C@H](O/N=C(\C(=O)N[C@@H]2C(=O)N(OS(=O)(=O)O)C2(C)C)C2=CSC(N)N2)C(=O)O)cc1. The fourth-order valence-corrected chi connectivity index (χ4v) is 6.01. The lowest BCUT2D eigenvalue weighted by Crippen LogP contribution is -2.77. The number of hydrogen-bond acceptors (Lipinski definition) is 13. The number of oxime groups is 1. The molecule has 20 heteroatoms. The standard InChI is InChI=1S/C27H36N8O10S2/c1-15-12-34(11-5-10-28)33(4)21(15)16-6-8-17(9-7-16)43-13-19(25(38)39)44-32-20(18-14-46-26(29)30-18)23(36)31-22-24(37)35(27(22,2)3)45-47(40,41)42/h6-9,12,14,19,22,26,30H,5,10-11,13,28-29H2,1-4H3,(H2-,31,36,38,39,40,41,42)/p+1/b32-20-/t19-,22+,26?/m0/s1. The first kappa shape index (κ1) is 35.6. The maximum atomic E-state index is 13.3. The minimum Gasteiger partial charge on any atom is -0.489 e. The van der Waals surface area contributed by atoms with Gasteiger partial charge in [-0.3, -0.25) is 14.1 Å². The summed E-state index contributed by atoms with van der Waals surface area (Å²) >= 11 is 1.10. The predicted octanol–water partition coefficient (Wildman–Crippen LogP) is -0.898. The molecule has 47 heavy (non-hydrogen) atoms. The molecule has 1 unspecified atom stereocenters. The molecule has 0 spiro atoms. The number of amides is 2. The number of ether oxygens (including phenoxy) is 1. The van der Waals surface area contributed by atoms with Crippen molar-refractivity contribution in [1.29, 1.82) is 0 Å². The second-order valence-electron chi connectivity index (χ2n) is 11.1. The van der Waals surface area contributed by atoms with Crippen molar-refractivity contribution in [2.45, 2.75) is 56.9 Å². The summed E-state index contributed by atoms with van der Waals surface area (Å²) in [6.07, 6.45) is 1.22. The molecule has 0 bridgehead atoms. The molecule has 2 aliphatic heterocycles. The van der Waals surface area contributed by atoms with Gasteiger partial charge in [-0.05, 0) is 58.0 Å². The third-order valence-electron chi connectivity index (χ3n) is 7.31. The van der Waals surface area contributed by atoms with Crippen molar-refractivity contribution in [3.63, 3.8) is 0 Å². The van der Waals surface area contributed by atoms with Gasteiger partial charge in [0.25, 0.3) is 17.9 Å². The highest BCUT2D eigenvalue weighted by Gasteiger charge is 2.58. The van der Waals surface area contributed by atoms with Crippen LogP contribution in [-0.2, 0) is 47.5 Å². The zero-order chi connectivity index (χ0) is 34.7. The molecule has 1 fully saturated rings. The van der Waals surface area contributed by atoms with Gasteiger partial charge in [-0.25, -0.2) is 4.79 Å². The van der Waals surface area contributed by atoms with Gasteiger partial charge in [0.15, 0.2) is 12.8 Å². The number of nitrogens with two attached hydrogens (primary N) is 2. The topological polar surface area (TPSA) is 254 Å². The third kappa shape index (κ3) is 8.21. The first-order valence-corrected chi connectivity index (χ1v) is 16.5. The third-order valence-corrected chi connectivity index (χ3v) is 8.43. The summed E-state index contributed by atoms with van der Waals surface area (Å²) in [5.74, 6) is -3.02. The number of carboxylic acids is 1. The maximum Gasteiger partial charge on any atom is 0.418 e. The van der Waals surface area contributed by atoms with Crippen molar-refractivity contribution in [2.24, 2.45) is 23.7 Å². The Morgan fingerprint density at radius 2 is 1.96 bits per heavy atom. The highest BCUT2D eigenvalue weighted by atomic mass is 32.3. The van der Waals surface area contributed by atoms with E-state index in [2.05, 4.69) is 24.8 Å². The lowest BCUT2D eigenvalue weighted by atomic mass is 9.84. The van der Waals surface area contributed by atoms with Gasteiger partial charge in [0.2, 0.25) is 5.69 Å². The fraction of sp³-hybridized carbons (Fsp3) is 0.444. The van der Waals surface area contributed by atoms with Gasteiger partial charge in [0.1, 0.15) is 23.9 Å². The quantitative estimate of drug-likeness (QED) is 0.0434. The second-order valence-corrected chi connectivity index (χ2v) is 13.1. The molecular weight excluding hydrogens is 660 g/mol. The summed E-state index contributed by atoms with van der Waals surface area (Å²) < 4.78 is 45.2. The molecule has 3 heterocycles. The predicted molar refractivity (Wildman–Crippen MR) is 167 cm³/mol. The van der Waals surface area contributed by atoms with E-state index in [9.17, 15) is 27.9 Å². The van der Waals surface area contributed by atoms with Crippen molar-refractivity contribution in [3.05, 3.63) is 47.1 Å². The number of aryl methyl sites for hydroxylation is 2. The largest absolute Gasteiger partial charge is 0.489 e. The normalized spacial score (nSPS) is 19.8. The van der Waals surface area contributed by atoms with Crippen LogP contribution in [0.2, 0.25) is 0 Å².